The SMILES string of the molecule is CC(=O)c1cccc(Cn2cc(CCN)c3cc(-c4ccc5ccccc5c4)ccc32)c1. The fourth-order valence-corrected chi connectivity index (χ4v) is 4.49. The quantitative estimate of drug-likeness (QED) is 0.333. The molecule has 1 heterocycles. The summed E-state index contributed by atoms with van der Waals surface area (Å²) in [6.07, 6.45) is 3.04. The number of carbonyl (C=O) groups is 1. The molecule has 0 atom stereocenters. The van der Waals surface area contributed by atoms with E-state index in [2.05, 4.69) is 77.5 Å². The normalized spacial score (nSPS) is 11.3. The Morgan fingerprint density at radius 3 is 2.44 bits per heavy atom. The third-order valence-electron chi connectivity index (χ3n) is 6.15. The number of ketones is 1. The molecule has 0 spiro atoms. The molecule has 5 rings (SSSR count). The van der Waals surface area contributed by atoms with E-state index < -0.39 is 0 Å². The monoisotopic (exact) mass is 418 g/mol. The highest BCUT2D eigenvalue weighted by Crippen LogP contribution is 2.30. The lowest BCUT2D eigenvalue weighted by Crippen LogP contribution is -2.02. The second-order valence-electron chi connectivity index (χ2n) is 8.37. The van der Waals surface area contributed by atoms with Crippen LogP contribution in [0.2, 0.25) is 0 Å². The highest BCUT2D eigenvalue weighted by molar-refractivity contribution is 5.94. The third-order valence-corrected chi connectivity index (χ3v) is 6.15. The lowest BCUT2D eigenvalue weighted by Gasteiger charge is -2.09. The van der Waals surface area contributed by atoms with Gasteiger partial charge >= 0.3 is 0 Å². The van der Waals surface area contributed by atoms with Gasteiger partial charge in [-0.1, -0.05) is 60.7 Å². The number of hydrogen-bond acceptors (Lipinski definition) is 2. The maximum absolute atomic E-state index is 11.8. The molecule has 0 saturated heterocycles. The zero-order valence-electron chi connectivity index (χ0n) is 18.2. The summed E-state index contributed by atoms with van der Waals surface area (Å²) in [6, 6.07) is 29.6. The van der Waals surface area contributed by atoms with Crippen LogP contribution in [-0.2, 0) is 13.0 Å². The summed E-state index contributed by atoms with van der Waals surface area (Å²) in [5.41, 5.74) is 12.7. The molecule has 0 bridgehead atoms. The van der Waals surface area contributed by atoms with E-state index in [1.165, 1.54) is 38.4 Å². The summed E-state index contributed by atoms with van der Waals surface area (Å²) < 4.78 is 2.27. The molecular weight excluding hydrogens is 392 g/mol. The highest BCUT2D eigenvalue weighted by Gasteiger charge is 2.11. The molecule has 0 unspecified atom stereocenters. The van der Waals surface area contributed by atoms with Crippen LogP contribution < -0.4 is 5.73 Å². The molecule has 0 aliphatic heterocycles. The molecular formula is C29H26N2O. The van der Waals surface area contributed by atoms with Crippen molar-refractivity contribution in [3.63, 3.8) is 0 Å². The van der Waals surface area contributed by atoms with E-state index in [-0.39, 0.29) is 5.78 Å². The highest BCUT2D eigenvalue weighted by atomic mass is 16.1. The van der Waals surface area contributed by atoms with Crippen molar-refractivity contribution >= 4 is 27.5 Å². The molecule has 0 saturated carbocycles. The van der Waals surface area contributed by atoms with Gasteiger partial charge in [-0.3, -0.25) is 4.79 Å². The largest absolute Gasteiger partial charge is 0.343 e. The molecule has 5 aromatic rings. The van der Waals surface area contributed by atoms with E-state index in [1.54, 1.807) is 6.92 Å². The Hall–Kier alpha value is -3.69. The maximum atomic E-state index is 11.8. The Kier molecular flexibility index (Phi) is 5.34. The van der Waals surface area contributed by atoms with Crippen molar-refractivity contribution in [2.45, 2.75) is 19.9 Å². The van der Waals surface area contributed by atoms with E-state index in [0.717, 1.165) is 24.1 Å². The number of fused-ring (bicyclic) bond motifs is 2. The molecule has 1 aromatic heterocycles. The minimum Gasteiger partial charge on any atom is -0.343 e. The number of nitrogens with two attached hydrogens (primary N) is 1. The molecule has 3 nitrogen and oxygen atoms in total. The van der Waals surface area contributed by atoms with Gasteiger partial charge in [-0.25, -0.2) is 0 Å². The van der Waals surface area contributed by atoms with Crippen LogP contribution in [0.3, 0.4) is 0 Å². The van der Waals surface area contributed by atoms with Crippen LogP contribution in [0.5, 0.6) is 0 Å². The standard InChI is InChI=1S/C29H26N2O/c1-20(32)23-8-4-5-21(15-23)18-31-19-27(13-14-30)28-17-26(11-12-29(28)31)25-10-9-22-6-2-3-7-24(22)16-25/h2-12,15-17,19H,13-14,18,30H2,1H3. The first kappa shape index (κ1) is 20.2. The van der Waals surface area contributed by atoms with Crippen molar-refractivity contribution in [1.82, 2.24) is 4.57 Å². The maximum Gasteiger partial charge on any atom is 0.159 e. The van der Waals surface area contributed by atoms with Crippen molar-refractivity contribution in [1.29, 1.82) is 0 Å². The number of nitrogens with zero attached hydrogens (tertiary/aromatic N) is 1. The smallest absolute Gasteiger partial charge is 0.159 e. The Bertz CT molecular complexity index is 1440. The Morgan fingerprint density at radius 1 is 0.844 bits per heavy atom. The summed E-state index contributed by atoms with van der Waals surface area (Å²) in [6.45, 7) is 2.94. The minimum absolute atomic E-state index is 0.0908. The van der Waals surface area contributed by atoms with Crippen LogP contribution in [-0.4, -0.2) is 16.9 Å². The molecule has 0 aliphatic rings. The van der Waals surface area contributed by atoms with Gasteiger partial charge in [0.1, 0.15) is 0 Å². The third kappa shape index (κ3) is 3.83. The van der Waals surface area contributed by atoms with Gasteiger partial charge in [-0.05, 0) is 77.2 Å². The number of Topliss-reactive ketones (excluding diaryl/α,β-unsaturated/α-hetero) is 1. The molecule has 158 valence electrons. The van der Waals surface area contributed by atoms with Crippen LogP contribution in [0, 0.1) is 0 Å². The van der Waals surface area contributed by atoms with Crippen molar-refractivity contribution in [2.24, 2.45) is 5.73 Å². The zero-order valence-corrected chi connectivity index (χ0v) is 18.2. The predicted molar refractivity (Wildman–Crippen MR) is 133 cm³/mol. The molecule has 3 heteroatoms. The molecule has 32 heavy (non-hydrogen) atoms. The van der Waals surface area contributed by atoms with Crippen LogP contribution in [0.1, 0.15) is 28.4 Å². The van der Waals surface area contributed by atoms with E-state index in [1.807, 2.05) is 18.2 Å². The van der Waals surface area contributed by atoms with E-state index in [4.69, 9.17) is 5.73 Å². The van der Waals surface area contributed by atoms with Crippen molar-refractivity contribution < 1.29 is 4.79 Å². The average Bonchev–Trinajstić information content (AvgIpc) is 3.15. The summed E-state index contributed by atoms with van der Waals surface area (Å²) >= 11 is 0. The number of hydrogen-bond donors (Lipinski definition) is 1. The first-order valence-corrected chi connectivity index (χ1v) is 11.0. The average molecular weight is 419 g/mol. The molecule has 0 radical (unpaired) electrons. The van der Waals surface area contributed by atoms with Crippen LogP contribution in [0.15, 0.2) is 91.1 Å². The Labute approximate surface area is 188 Å². The molecule has 4 aromatic carbocycles. The van der Waals surface area contributed by atoms with Crippen molar-refractivity contribution in [3.8, 4) is 11.1 Å². The van der Waals surface area contributed by atoms with Gasteiger partial charge < -0.3 is 10.3 Å². The number of rotatable bonds is 6. The summed E-state index contributed by atoms with van der Waals surface area (Å²) in [4.78, 5) is 11.8. The second kappa shape index (κ2) is 8.45. The number of benzene rings is 4. The van der Waals surface area contributed by atoms with Crippen LogP contribution in [0.25, 0.3) is 32.8 Å². The van der Waals surface area contributed by atoms with Gasteiger partial charge in [0.25, 0.3) is 0 Å². The van der Waals surface area contributed by atoms with Gasteiger partial charge in [0, 0.05) is 29.2 Å². The molecule has 0 amide bonds. The summed E-state index contributed by atoms with van der Waals surface area (Å²) in [7, 11) is 0. The van der Waals surface area contributed by atoms with E-state index >= 15 is 0 Å². The van der Waals surface area contributed by atoms with E-state index in [9.17, 15) is 4.79 Å². The topological polar surface area (TPSA) is 48.0 Å². The summed E-state index contributed by atoms with van der Waals surface area (Å²) in [5.74, 6) is 0.0908. The number of aromatic nitrogens is 1. The fourth-order valence-electron chi connectivity index (χ4n) is 4.49. The minimum atomic E-state index is 0.0908. The Balaban J connectivity index is 1.57. The zero-order chi connectivity index (χ0) is 22.1. The van der Waals surface area contributed by atoms with Gasteiger partial charge in [0.15, 0.2) is 5.78 Å². The van der Waals surface area contributed by atoms with Crippen LogP contribution >= 0.6 is 0 Å². The fraction of sp³-hybridized carbons (Fsp3) is 0.138. The van der Waals surface area contributed by atoms with Crippen LogP contribution in [0.4, 0.5) is 0 Å². The van der Waals surface area contributed by atoms with Gasteiger partial charge in [-0.15, -0.1) is 0 Å². The number of carbonyl (C=O) groups excluding carboxylic acids is 1. The Morgan fingerprint density at radius 2 is 1.62 bits per heavy atom. The van der Waals surface area contributed by atoms with Gasteiger partial charge in [-0.2, -0.15) is 0 Å². The molecule has 0 aliphatic carbocycles. The second-order valence-corrected chi connectivity index (χ2v) is 8.37. The van der Waals surface area contributed by atoms with Gasteiger partial charge in [0.2, 0.25) is 0 Å². The summed E-state index contributed by atoms with van der Waals surface area (Å²) in [5, 5.41) is 3.74. The molecule has 0 fully saturated rings. The van der Waals surface area contributed by atoms with Crippen molar-refractivity contribution in [2.75, 3.05) is 6.54 Å². The van der Waals surface area contributed by atoms with E-state index in [0.29, 0.717) is 6.54 Å². The lowest BCUT2D eigenvalue weighted by atomic mass is 9.99. The van der Waals surface area contributed by atoms with Crippen molar-refractivity contribution in [3.05, 3.63) is 108 Å². The first-order chi connectivity index (χ1) is 15.6. The lowest BCUT2D eigenvalue weighted by molar-refractivity contribution is 0.101. The molecule has 2 N–H and O–H groups in total. The predicted octanol–water partition coefficient (Wildman–Crippen LogP) is 6.21. The first-order valence-electron chi connectivity index (χ1n) is 11.0. The van der Waals surface area contributed by atoms with Gasteiger partial charge in [0.05, 0.1) is 0 Å².